The van der Waals surface area contributed by atoms with Crippen molar-refractivity contribution in [3.63, 3.8) is 0 Å². The number of hydrogen-bond acceptors (Lipinski definition) is 4. The van der Waals surface area contributed by atoms with Crippen molar-refractivity contribution in [2.24, 2.45) is 0 Å². The molecule has 1 aliphatic heterocycles. The van der Waals surface area contributed by atoms with Gasteiger partial charge in [-0.15, -0.1) is 11.8 Å². The topological polar surface area (TPSA) is 64.4 Å². The van der Waals surface area contributed by atoms with E-state index < -0.39 is 0 Å². The van der Waals surface area contributed by atoms with E-state index in [2.05, 4.69) is 5.32 Å². The number of carbonyl (C=O) groups is 1. The molecule has 1 amide bonds. The van der Waals surface area contributed by atoms with Crippen molar-refractivity contribution in [2.75, 3.05) is 24.7 Å². The third kappa shape index (κ3) is 4.60. The van der Waals surface area contributed by atoms with Crippen molar-refractivity contribution in [1.29, 1.82) is 0 Å². The Morgan fingerprint density at radius 1 is 1.47 bits per heavy atom. The summed E-state index contributed by atoms with van der Waals surface area (Å²) in [4.78, 5) is 12.7. The van der Waals surface area contributed by atoms with Gasteiger partial charge >= 0.3 is 0 Å². The SMILES string of the molecule is Nc1ccc(Cl)cc1SCC(=O)NC1CCOCC1. The molecule has 1 aromatic carbocycles. The molecule has 4 nitrogen and oxygen atoms in total. The molecule has 6 heteroatoms. The normalized spacial score (nSPS) is 16.3. The van der Waals surface area contributed by atoms with Crippen LogP contribution in [0.2, 0.25) is 5.02 Å². The van der Waals surface area contributed by atoms with Crippen LogP contribution in [0.4, 0.5) is 5.69 Å². The van der Waals surface area contributed by atoms with E-state index in [0.29, 0.717) is 16.5 Å². The highest BCUT2D eigenvalue weighted by Crippen LogP contribution is 2.27. The summed E-state index contributed by atoms with van der Waals surface area (Å²) in [7, 11) is 0. The summed E-state index contributed by atoms with van der Waals surface area (Å²) in [6.07, 6.45) is 1.77. The maximum absolute atomic E-state index is 11.8. The third-order valence-electron chi connectivity index (χ3n) is 2.92. The lowest BCUT2D eigenvalue weighted by Crippen LogP contribution is -2.39. The van der Waals surface area contributed by atoms with Crippen molar-refractivity contribution in [3.8, 4) is 0 Å². The van der Waals surface area contributed by atoms with Crippen LogP contribution in [0.5, 0.6) is 0 Å². The smallest absolute Gasteiger partial charge is 0.230 e. The molecule has 3 N–H and O–H groups in total. The van der Waals surface area contributed by atoms with Gasteiger partial charge in [-0.2, -0.15) is 0 Å². The zero-order chi connectivity index (χ0) is 13.7. The van der Waals surface area contributed by atoms with Gasteiger partial charge in [-0.1, -0.05) is 11.6 Å². The van der Waals surface area contributed by atoms with E-state index in [1.165, 1.54) is 11.8 Å². The molecule has 0 saturated carbocycles. The van der Waals surface area contributed by atoms with Gasteiger partial charge in [-0.05, 0) is 31.0 Å². The first-order valence-electron chi connectivity index (χ1n) is 6.20. The predicted octanol–water partition coefficient (Wildman–Crippen LogP) is 2.31. The van der Waals surface area contributed by atoms with Crippen LogP contribution < -0.4 is 11.1 Å². The molecule has 1 saturated heterocycles. The molecule has 0 bridgehead atoms. The number of rotatable bonds is 4. The van der Waals surface area contributed by atoms with Gasteiger partial charge in [0.25, 0.3) is 0 Å². The fourth-order valence-electron chi connectivity index (χ4n) is 1.89. The molecule has 0 spiro atoms. The zero-order valence-corrected chi connectivity index (χ0v) is 12.1. The van der Waals surface area contributed by atoms with Crippen LogP contribution in [0, 0.1) is 0 Å². The number of hydrogen-bond donors (Lipinski definition) is 2. The quantitative estimate of drug-likeness (QED) is 0.661. The summed E-state index contributed by atoms with van der Waals surface area (Å²) >= 11 is 7.31. The molecule has 0 radical (unpaired) electrons. The number of ether oxygens (including phenoxy) is 1. The van der Waals surface area contributed by atoms with E-state index in [-0.39, 0.29) is 11.9 Å². The average molecular weight is 301 g/mol. The zero-order valence-electron chi connectivity index (χ0n) is 10.5. The lowest BCUT2D eigenvalue weighted by Gasteiger charge is -2.23. The second kappa shape index (κ2) is 7.03. The Morgan fingerprint density at radius 2 is 2.21 bits per heavy atom. The van der Waals surface area contributed by atoms with Crippen LogP contribution >= 0.6 is 23.4 Å². The highest BCUT2D eigenvalue weighted by Gasteiger charge is 2.16. The number of nitrogens with two attached hydrogens (primary N) is 1. The van der Waals surface area contributed by atoms with Gasteiger partial charge in [-0.25, -0.2) is 0 Å². The van der Waals surface area contributed by atoms with Gasteiger partial charge in [0.05, 0.1) is 5.75 Å². The molecule has 0 aliphatic carbocycles. The summed E-state index contributed by atoms with van der Waals surface area (Å²) in [5.74, 6) is 0.373. The van der Waals surface area contributed by atoms with Crippen molar-refractivity contribution >= 4 is 35.0 Å². The number of benzene rings is 1. The van der Waals surface area contributed by atoms with Gasteiger partial charge in [0, 0.05) is 34.9 Å². The van der Waals surface area contributed by atoms with E-state index in [9.17, 15) is 4.79 Å². The Labute approximate surface area is 122 Å². The molecule has 0 aromatic heterocycles. The Hall–Kier alpha value is -0.910. The van der Waals surface area contributed by atoms with E-state index in [0.717, 1.165) is 31.0 Å². The van der Waals surface area contributed by atoms with Gasteiger partial charge in [-0.3, -0.25) is 4.79 Å². The van der Waals surface area contributed by atoms with Crippen LogP contribution in [0.15, 0.2) is 23.1 Å². The maximum atomic E-state index is 11.8. The van der Waals surface area contributed by atoms with Gasteiger partial charge in [0.15, 0.2) is 0 Å². The lowest BCUT2D eigenvalue weighted by atomic mass is 10.1. The summed E-state index contributed by atoms with van der Waals surface area (Å²) < 4.78 is 5.25. The highest BCUT2D eigenvalue weighted by atomic mass is 35.5. The molecule has 1 aliphatic rings. The predicted molar refractivity (Wildman–Crippen MR) is 78.6 cm³/mol. The minimum Gasteiger partial charge on any atom is -0.398 e. The van der Waals surface area contributed by atoms with Crippen LogP contribution in [0.25, 0.3) is 0 Å². The first-order valence-corrected chi connectivity index (χ1v) is 7.56. The largest absolute Gasteiger partial charge is 0.398 e. The van der Waals surface area contributed by atoms with Gasteiger partial charge < -0.3 is 15.8 Å². The molecule has 1 fully saturated rings. The fourth-order valence-corrected chi connectivity index (χ4v) is 2.94. The summed E-state index contributed by atoms with van der Waals surface area (Å²) in [6, 6.07) is 5.51. The van der Waals surface area contributed by atoms with E-state index in [1.807, 2.05) is 0 Å². The average Bonchev–Trinajstić information content (AvgIpc) is 2.41. The van der Waals surface area contributed by atoms with Crippen LogP contribution in [0.1, 0.15) is 12.8 Å². The molecule has 1 heterocycles. The Kier molecular flexibility index (Phi) is 5.36. The molecule has 0 unspecified atom stereocenters. The van der Waals surface area contributed by atoms with Crippen molar-refractivity contribution < 1.29 is 9.53 Å². The second-order valence-corrected chi connectivity index (χ2v) is 5.88. The summed E-state index contributed by atoms with van der Waals surface area (Å²) in [5.41, 5.74) is 6.48. The summed E-state index contributed by atoms with van der Waals surface area (Å²) in [5, 5.41) is 3.64. The first-order chi connectivity index (χ1) is 9.15. The molecule has 2 rings (SSSR count). The van der Waals surface area contributed by atoms with Crippen molar-refractivity contribution in [3.05, 3.63) is 23.2 Å². The fraction of sp³-hybridized carbons (Fsp3) is 0.462. The van der Waals surface area contributed by atoms with Gasteiger partial charge in [0.1, 0.15) is 0 Å². The molecule has 104 valence electrons. The monoisotopic (exact) mass is 300 g/mol. The van der Waals surface area contributed by atoms with Crippen molar-refractivity contribution in [1.82, 2.24) is 5.32 Å². The first kappa shape index (κ1) is 14.5. The number of nitrogens with one attached hydrogen (secondary N) is 1. The van der Waals surface area contributed by atoms with Gasteiger partial charge in [0.2, 0.25) is 5.91 Å². The standard InChI is InChI=1S/C13H17ClN2O2S/c14-9-1-2-11(15)12(7-9)19-8-13(17)16-10-3-5-18-6-4-10/h1-2,7,10H,3-6,8,15H2,(H,16,17). The Morgan fingerprint density at radius 3 is 2.95 bits per heavy atom. The number of amides is 1. The molecule has 1 aromatic rings. The Bertz CT molecular complexity index is 450. The minimum absolute atomic E-state index is 0.0243. The lowest BCUT2D eigenvalue weighted by molar-refractivity contribution is -0.119. The molecular weight excluding hydrogens is 284 g/mol. The molecule has 0 atom stereocenters. The second-order valence-electron chi connectivity index (χ2n) is 4.42. The minimum atomic E-state index is 0.0243. The van der Waals surface area contributed by atoms with E-state index in [4.69, 9.17) is 22.1 Å². The number of nitrogen functional groups attached to an aromatic ring is 1. The van der Waals surface area contributed by atoms with E-state index in [1.54, 1.807) is 18.2 Å². The highest BCUT2D eigenvalue weighted by molar-refractivity contribution is 8.00. The molecule has 19 heavy (non-hydrogen) atoms. The number of halogens is 1. The summed E-state index contributed by atoms with van der Waals surface area (Å²) in [6.45, 7) is 1.44. The van der Waals surface area contributed by atoms with E-state index >= 15 is 0 Å². The third-order valence-corrected chi connectivity index (χ3v) is 4.23. The maximum Gasteiger partial charge on any atom is 0.230 e. The number of carbonyl (C=O) groups excluding carboxylic acids is 1. The number of thioether (sulfide) groups is 1. The van der Waals surface area contributed by atoms with Crippen LogP contribution in [0.3, 0.4) is 0 Å². The number of anilines is 1. The van der Waals surface area contributed by atoms with Crippen LogP contribution in [-0.4, -0.2) is 30.9 Å². The molecular formula is C13H17ClN2O2S. The van der Waals surface area contributed by atoms with Crippen LogP contribution in [-0.2, 0) is 9.53 Å². The Balaban J connectivity index is 1.81. The van der Waals surface area contributed by atoms with Crippen molar-refractivity contribution in [2.45, 2.75) is 23.8 Å².